The van der Waals surface area contributed by atoms with Crippen molar-refractivity contribution in [3.63, 3.8) is 0 Å². The van der Waals surface area contributed by atoms with E-state index in [2.05, 4.69) is 72.2 Å². The SMILES string of the molecule is C(C#Cc1ccc2ccccc2c1)#Cc1ccc2ccccc2c1. The average Bonchev–Trinajstić information content (AvgIpc) is 2.65. The lowest BCUT2D eigenvalue weighted by atomic mass is 10.1. The minimum Gasteiger partial charge on any atom is -0.0616 e. The van der Waals surface area contributed by atoms with Gasteiger partial charge in [0.1, 0.15) is 0 Å². The number of hydrogen-bond acceptors (Lipinski definition) is 0. The maximum Gasteiger partial charge on any atom is 0.0261 e. The summed E-state index contributed by atoms with van der Waals surface area (Å²) in [5, 5.41) is 4.86. The van der Waals surface area contributed by atoms with Crippen LogP contribution in [0.15, 0.2) is 84.9 Å². The largest absolute Gasteiger partial charge is 0.0616 e. The lowest BCUT2D eigenvalue weighted by molar-refractivity contribution is 1.69. The molecule has 0 saturated heterocycles. The maximum atomic E-state index is 3.12. The van der Waals surface area contributed by atoms with Crippen LogP contribution in [-0.4, -0.2) is 0 Å². The van der Waals surface area contributed by atoms with Gasteiger partial charge in [0, 0.05) is 11.1 Å². The Kier molecular flexibility index (Phi) is 3.73. The van der Waals surface area contributed by atoms with Gasteiger partial charge in [0.2, 0.25) is 0 Å². The van der Waals surface area contributed by atoms with Crippen LogP contribution >= 0.6 is 0 Å². The zero-order chi connectivity index (χ0) is 16.2. The quantitative estimate of drug-likeness (QED) is 0.382. The second kappa shape index (κ2) is 6.33. The van der Waals surface area contributed by atoms with E-state index in [-0.39, 0.29) is 0 Å². The summed E-state index contributed by atoms with van der Waals surface area (Å²) in [5.74, 6) is 12.1. The third-order valence-corrected chi connectivity index (χ3v) is 3.98. The highest BCUT2D eigenvalue weighted by atomic mass is 14.0. The molecule has 0 unspecified atom stereocenters. The Labute approximate surface area is 141 Å². The minimum absolute atomic E-state index is 0.988. The molecule has 0 aliphatic carbocycles. The Morgan fingerprint density at radius 1 is 0.417 bits per heavy atom. The molecule has 4 aromatic carbocycles. The van der Waals surface area contributed by atoms with Crippen LogP contribution in [0.2, 0.25) is 0 Å². The molecule has 0 heteroatoms. The van der Waals surface area contributed by atoms with Crippen molar-refractivity contribution in [2.24, 2.45) is 0 Å². The first-order valence-corrected chi connectivity index (χ1v) is 7.88. The molecule has 0 fully saturated rings. The maximum absolute atomic E-state index is 3.12. The Morgan fingerprint density at radius 2 is 0.833 bits per heavy atom. The zero-order valence-electron chi connectivity index (χ0n) is 13.1. The molecule has 0 saturated carbocycles. The molecule has 0 aliphatic heterocycles. The van der Waals surface area contributed by atoms with Crippen molar-refractivity contribution in [1.82, 2.24) is 0 Å². The fraction of sp³-hybridized carbons (Fsp3) is 0. The summed E-state index contributed by atoms with van der Waals surface area (Å²) in [5.41, 5.74) is 1.98. The van der Waals surface area contributed by atoms with Gasteiger partial charge in [-0.2, -0.15) is 0 Å². The van der Waals surface area contributed by atoms with Crippen molar-refractivity contribution < 1.29 is 0 Å². The second-order valence-corrected chi connectivity index (χ2v) is 5.62. The summed E-state index contributed by atoms with van der Waals surface area (Å²) in [7, 11) is 0. The van der Waals surface area contributed by atoms with Crippen molar-refractivity contribution in [2.75, 3.05) is 0 Å². The molecule has 0 radical (unpaired) electrons. The molecule has 0 nitrogen and oxygen atoms in total. The van der Waals surface area contributed by atoms with Crippen LogP contribution < -0.4 is 0 Å². The van der Waals surface area contributed by atoms with E-state index in [0.717, 1.165) is 11.1 Å². The number of benzene rings is 4. The molecule has 0 aromatic heterocycles. The van der Waals surface area contributed by atoms with Gasteiger partial charge in [-0.15, -0.1) is 0 Å². The van der Waals surface area contributed by atoms with Crippen LogP contribution in [0.1, 0.15) is 11.1 Å². The van der Waals surface area contributed by atoms with Crippen molar-refractivity contribution in [3.8, 4) is 23.7 Å². The highest BCUT2D eigenvalue weighted by Crippen LogP contribution is 2.15. The lowest BCUT2D eigenvalue weighted by Crippen LogP contribution is -1.77. The van der Waals surface area contributed by atoms with Crippen LogP contribution in [0.4, 0.5) is 0 Å². The molecule has 0 spiro atoms. The Balaban J connectivity index is 1.60. The topological polar surface area (TPSA) is 0 Å². The predicted octanol–water partition coefficient (Wildman–Crippen LogP) is 5.40. The second-order valence-electron chi connectivity index (χ2n) is 5.62. The van der Waals surface area contributed by atoms with Gasteiger partial charge in [0.15, 0.2) is 0 Å². The fourth-order valence-corrected chi connectivity index (χ4v) is 2.74. The predicted molar refractivity (Wildman–Crippen MR) is 102 cm³/mol. The van der Waals surface area contributed by atoms with E-state index in [1.54, 1.807) is 0 Å². The molecule has 24 heavy (non-hydrogen) atoms. The Hall–Kier alpha value is -3.48. The number of hydrogen-bond donors (Lipinski definition) is 0. The summed E-state index contributed by atoms with van der Waals surface area (Å²) >= 11 is 0. The first-order chi connectivity index (χ1) is 11.9. The van der Waals surface area contributed by atoms with Gasteiger partial charge < -0.3 is 0 Å². The molecule has 0 aliphatic rings. The average molecular weight is 302 g/mol. The van der Waals surface area contributed by atoms with E-state index in [4.69, 9.17) is 0 Å². The van der Waals surface area contributed by atoms with Gasteiger partial charge >= 0.3 is 0 Å². The molecule has 0 bridgehead atoms. The van der Waals surface area contributed by atoms with E-state index < -0.39 is 0 Å². The molecule has 110 valence electrons. The molecule has 0 amide bonds. The monoisotopic (exact) mass is 302 g/mol. The van der Waals surface area contributed by atoms with Crippen molar-refractivity contribution in [2.45, 2.75) is 0 Å². The third-order valence-electron chi connectivity index (χ3n) is 3.98. The van der Waals surface area contributed by atoms with Gasteiger partial charge in [-0.3, -0.25) is 0 Å². The number of rotatable bonds is 0. The summed E-state index contributed by atoms with van der Waals surface area (Å²) in [4.78, 5) is 0. The van der Waals surface area contributed by atoms with Crippen LogP contribution in [0, 0.1) is 23.7 Å². The van der Waals surface area contributed by atoms with E-state index in [9.17, 15) is 0 Å². The fourth-order valence-electron chi connectivity index (χ4n) is 2.74. The molecule has 4 aromatic rings. The van der Waals surface area contributed by atoms with Gasteiger partial charge in [-0.05, 0) is 57.7 Å². The van der Waals surface area contributed by atoms with E-state index in [1.165, 1.54) is 21.5 Å². The molecular weight excluding hydrogens is 288 g/mol. The van der Waals surface area contributed by atoms with Gasteiger partial charge in [0.05, 0.1) is 0 Å². The molecular formula is C24H14. The summed E-state index contributed by atoms with van der Waals surface area (Å²) < 4.78 is 0. The van der Waals surface area contributed by atoms with Crippen molar-refractivity contribution in [3.05, 3.63) is 96.1 Å². The Bertz CT molecular complexity index is 1060. The normalized spacial score (nSPS) is 9.83. The van der Waals surface area contributed by atoms with Crippen LogP contribution in [0.5, 0.6) is 0 Å². The van der Waals surface area contributed by atoms with Crippen LogP contribution in [-0.2, 0) is 0 Å². The van der Waals surface area contributed by atoms with E-state index in [1.807, 2.05) is 36.4 Å². The van der Waals surface area contributed by atoms with Crippen molar-refractivity contribution in [1.29, 1.82) is 0 Å². The van der Waals surface area contributed by atoms with Gasteiger partial charge in [-0.25, -0.2) is 0 Å². The van der Waals surface area contributed by atoms with Gasteiger partial charge in [0.25, 0.3) is 0 Å². The van der Waals surface area contributed by atoms with E-state index in [0.29, 0.717) is 0 Å². The summed E-state index contributed by atoms with van der Waals surface area (Å²) in [6.07, 6.45) is 0. The van der Waals surface area contributed by atoms with Gasteiger partial charge in [-0.1, -0.05) is 72.5 Å². The molecule has 0 atom stereocenters. The molecule has 0 heterocycles. The smallest absolute Gasteiger partial charge is 0.0261 e. The number of fused-ring (bicyclic) bond motifs is 2. The minimum atomic E-state index is 0.988. The van der Waals surface area contributed by atoms with Crippen molar-refractivity contribution >= 4 is 21.5 Å². The Morgan fingerprint density at radius 3 is 1.29 bits per heavy atom. The van der Waals surface area contributed by atoms with E-state index >= 15 is 0 Å². The first-order valence-electron chi connectivity index (χ1n) is 7.88. The standard InChI is InChI=1S/C24H14/c1(7-19-13-15-21-9-3-5-11-23(21)17-19)2-8-20-14-16-22-10-4-6-12-24(22)18-20/h3-6,9-18H. The highest BCUT2D eigenvalue weighted by molar-refractivity contribution is 5.84. The molecule has 0 N–H and O–H groups in total. The molecule has 4 rings (SSSR count). The first kappa shape index (κ1) is 14.1. The summed E-state index contributed by atoms with van der Waals surface area (Å²) in [6, 6.07) is 29.0. The lowest BCUT2D eigenvalue weighted by Gasteiger charge is -1.97. The highest BCUT2D eigenvalue weighted by Gasteiger charge is 1.93. The third kappa shape index (κ3) is 3.00. The van der Waals surface area contributed by atoms with Crippen LogP contribution in [0.25, 0.3) is 21.5 Å². The zero-order valence-corrected chi connectivity index (χ0v) is 13.1. The van der Waals surface area contributed by atoms with Crippen LogP contribution in [0.3, 0.4) is 0 Å². The summed E-state index contributed by atoms with van der Waals surface area (Å²) in [6.45, 7) is 0.